The minimum absolute atomic E-state index is 0.277. The van der Waals surface area contributed by atoms with Crippen LogP contribution >= 0.6 is 15.9 Å². The van der Waals surface area contributed by atoms with E-state index < -0.39 is 0 Å². The number of carbonyl (C=O) groups excluding carboxylic acids is 1. The fraction of sp³-hybridized carbons (Fsp3) is 0.125. The van der Waals surface area contributed by atoms with Gasteiger partial charge in [-0.3, -0.25) is 4.79 Å². The number of carbonyl (C=O) groups is 1. The molecule has 0 spiro atoms. The van der Waals surface area contributed by atoms with Crippen LogP contribution in [0.15, 0.2) is 45.7 Å². The number of benzene rings is 1. The van der Waals surface area contributed by atoms with Crippen molar-refractivity contribution in [3.63, 3.8) is 0 Å². The van der Waals surface area contributed by atoms with Crippen LogP contribution < -0.4 is 10.6 Å². The average Bonchev–Trinajstić information content (AvgIpc) is 2.96. The molecular weight excluding hydrogens is 374 g/mol. The van der Waals surface area contributed by atoms with E-state index in [-0.39, 0.29) is 5.91 Å². The predicted molar refractivity (Wildman–Crippen MR) is 93.4 cm³/mol. The zero-order valence-electron chi connectivity index (χ0n) is 13.0. The Kier molecular flexibility index (Phi) is 4.57. The lowest BCUT2D eigenvalue weighted by Crippen LogP contribution is -2.13. The topological polar surface area (TPSA) is 92.9 Å². The van der Waals surface area contributed by atoms with Crippen molar-refractivity contribution in [2.75, 3.05) is 10.6 Å². The highest BCUT2D eigenvalue weighted by Gasteiger charge is 2.09. The number of aryl methyl sites for hydroxylation is 2. The van der Waals surface area contributed by atoms with E-state index in [2.05, 4.69) is 41.7 Å². The molecule has 0 saturated carbocycles. The third-order valence-corrected chi connectivity index (χ3v) is 4.09. The van der Waals surface area contributed by atoms with Gasteiger partial charge in [0.25, 0.3) is 5.91 Å². The van der Waals surface area contributed by atoms with Crippen molar-refractivity contribution in [1.82, 2.24) is 15.1 Å². The van der Waals surface area contributed by atoms with Crippen LogP contribution in [-0.4, -0.2) is 21.0 Å². The molecular formula is C16H14BrN5O2. The van der Waals surface area contributed by atoms with Gasteiger partial charge in [0.2, 0.25) is 5.95 Å². The van der Waals surface area contributed by atoms with E-state index >= 15 is 0 Å². The molecule has 122 valence electrons. The molecule has 0 saturated heterocycles. The molecule has 0 fully saturated rings. The van der Waals surface area contributed by atoms with Gasteiger partial charge in [-0.1, -0.05) is 21.1 Å². The van der Waals surface area contributed by atoms with Crippen molar-refractivity contribution in [3.05, 3.63) is 58.0 Å². The first kappa shape index (κ1) is 16.1. The highest BCUT2D eigenvalue weighted by Crippen LogP contribution is 2.20. The maximum absolute atomic E-state index is 12.2. The van der Waals surface area contributed by atoms with Gasteiger partial charge in [0, 0.05) is 28.6 Å². The van der Waals surface area contributed by atoms with E-state index in [0.717, 1.165) is 10.0 Å². The van der Waals surface area contributed by atoms with E-state index in [0.29, 0.717) is 28.8 Å². The van der Waals surface area contributed by atoms with Gasteiger partial charge in [-0.25, -0.2) is 9.97 Å². The fourth-order valence-corrected chi connectivity index (χ4v) is 2.22. The van der Waals surface area contributed by atoms with E-state index in [1.165, 1.54) is 12.4 Å². The highest BCUT2D eigenvalue weighted by molar-refractivity contribution is 9.10. The molecule has 24 heavy (non-hydrogen) atoms. The summed E-state index contributed by atoms with van der Waals surface area (Å²) < 4.78 is 5.94. The highest BCUT2D eigenvalue weighted by atomic mass is 79.9. The number of aromatic nitrogens is 3. The molecule has 2 heterocycles. The summed E-state index contributed by atoms with van der Waals surface area (Å²) in [6.45, 7) is 3.74. The Hall–Kier alpha value is -2.74. The molecule has 1 amide bonds. The number of nitrogens with one attached hydrogen (secondary N) is 2. The quantitative estimate of drug-likeness (QED) is 0.706. The van der Waals surface area contributed by atoms with E-state index in [4.69, 9.17) is 4.52 Å². The van der Waals surface area contributed by atoms with Gasteiger partial charge in [0.1, 0.15) is 5.76 Å². The summed E-state index contributed by atoms with van der Waals surface area (Å²) in [5, 5.41) is 9.49. The Morgan fingerprint density at radius 2 is 1.92 bits per heavy atom. The summed E-state index contributed by atoms with van der Waals surface area (Å²) in [7, 11) is 0. The van der Waals surface area contributed by atoms with Crippen LogP contribution in [0.5, 0.6) is 0 Å². The Morgan fingerprint density at radius 1 is 1.17 bits per heavy atom. The van der Waals surface area contributed by atoms with Crippen LogP contribution in [-0.2, 0) is 0 Å². The number of nitrogens with zero attached hydrogens (tertiary/aromatic N) is 3. The van der Waals surface area contributed by atoms with Gasteiger partial charge in [-0.05, 0) is 37.6 Å². The van der Waals surface area contributed by atoms with Crippen LogP contribution in [0.25, 0.3) is 0 Å². The first-order chi connectivity index (χ1) is 11.5. The normalized spacial score (nSPS) is 10.5. The second kappa shape index (κ2) is 6.79. The van der Waals surface area contributed by atoms with Crippen molar-refractivity contribution in [1.29, 1.82) is 0 Å². The Morgan fingerprint density at radius 3 is 2.54 bits per heavy atom. The minimum atomic E-state index is -0.277. The molecule has 8 heteroatoms. The number of hydrogen-bond acceptors (Lipinski definition) is 6. The zero-order valence-corrected chi connectivity index (χ0v) is 14.6. The molecule has 3 aromatic rings. The molecule has 0 aliphatic heterocycles. The van der Waals surface area contributed by atoms with E-state index in [1.807, 2.05) is 25.1 Å². The van der Waals surface area contributed by atoms with Gasteiger partial charge in [0.05, 0.1) is 5.56 Å². The van der Waals surface area contributed by atoms with Crippen molar-refractivity contribution in [2.45, 2.75) is 13.8 Å². The lowest BCUT2D eigenvalue weighted by atomic mass is 10.2. The standard InChI is InChI=1S/C16H14BrN5O2/c1-9-5-12(3-4-13(9)17)20-15(23)11-7-18-16(19-8-11)21-14-6-10(2)24-22-14/h3-8H,1-2H3,(H,20,23)(H,18,19,21,22). The fourth-order valence-electron chi connectivity index (χ4n) is 1.98. The molecule has 0 aliphatic rings. The van der Waals surface area contributed by atoms with Crippen molar-refractivity contribution in [3.8, 4) is 0 Å². The molecule has 2 aromatic heterocycles. The van der Waals surface area contributed by atoms with Gasteiger partial charge in [0.15, 0.2) is 5.82 Å². The van der Waals surface area contributed by atoms with Gasteiger partial charge in [-0.15, -0.1) is 0 Å². The zero-order chi connectivity index (χ0) is 17.1. The summed E-state index contributed by atoms with van der Waals surface area (Å²) in [6, 6.07) is 7.30. The van der Waals surface area contributed by atoms with E-state index in [1.54, 1.807) is 13.0 Å². The third-order valence-electron chi connectivity index (χ3n) is 3.20. The molecule has 0 bridgehead atoms. The van der Waals surface area contributed by atoms with Gasteiger partial charge < -0.3 is 15.2 Å². The third kappa shape index (κ3) is 3.77. The molecule has 2 N–H and O–H groups in total. The lowest BCUT2D eigenvalue weighted by Gasteiger charge is -2.07. The van der Waals surface area contributed by atoms with Gasteiger partial charge >= 0.3 is 0 Å². The molecule has 3 rings (SSSR count). The second-order valence-electron chi connectivity index (χ2n) is 5.16. The lowest BCUT2D eigenvalue weighted by molar-refractivity contribution is 0.102. The summed E-state index contributed by atoms with van der Waals surface area (Å²) >= 11 is 3.43. The molecule has 0 radical (unpaired) electrons. The van der Waals surface area contributed by atoms with Crippen molar-refractivity contribution in [2.24, 2.45) is 0 Å². The minimum Gasteiger partial charge on any atom is -0.360 e. The average molecular weight is 388 g/mol. The Balaban J connectivity index is 1.68. The smallest absolute Gasteiger partial charge is 0.258 e. The number of anilines is 3. The second-order valence-corrected chi connectivity index (χ2v) is 6.02. The summed E-state index contributed by atoms with van der Waals surface area (Å²) in [5.74, 6) is 1.24. The molecule has 1 aromatic carbocycles. The largest absolute Gasteiger partial charge is 0.360 e. The van der Waals surface area contributed by atoms with Crippen LogP contribution in [0.3, 0.4) is 0 Å². The summed E-state index contributed by atoms with van der Waals surface area (Å²) in [6.07, 6.45) is 2.90. The SMILES string of the molecule is Cc1cc(Nc2ncc(C(=O)Nc3ccc(Br)c(C)c3)cn2)no1. The van der Waals surface area contributed by atoms with Crippen LogP contribution in [0.2, 0.25) is 0 Å². The maximum Gasteiger partial charge on any atom is 0.258 e. The summed E-state index contributed by atoms with van der Waals surface area (Å²) in [4.78, 5) is 20.4. The monoisotopic (exact) mass is 387 g/mol. The Bertz CT molecular complexity index is 876. The van der Waals surface area contributed by atoms with Crippen LogP contribution in [0, 0.1) is 13.8 Å². The Labute approximate surface area is 146 Å². The number of rotatable bonds is 4. The number of amides is 1. The molecule has 7 nitrogen and oxygen atoms in total. The van der Waals surface area contributed by atoms with Crippen LogP contribution in [0.4, 0.5) is 17.5 Å². The van der Waals surface area contributed by atoms with Crippen molar-refractivity contribution >= 4 is 39.3 Å². The maximum atomic E-state index is 12.2. The molecule has 0 unspecified atom stereocenters. The van der Waals surface area contributed by atoms with Gasteiger partial charge in [-0.2, -0.15) is 0 Å². The van der Waals surface area contributed by atoms with Crippen molar-refractivity contribution < 1.29 is 9.32 Å². The first-order valence-corrected chi connectivity index (χ1v) is 7.90. The van der Waals surface area contributed by atoms with Crippen LogP contribution in [0.1, 0.15) is 21.7 Å². The van der Waals surface area contributed by atoms with E-state index in [9.17, 15) is 4.79 Å². The number of hydrogen-bond donors (Lipinski definition) is 2. The molecule has 0 aliphatic carbocycles. The summed E-state index contributed by atoms with van der Waals surface area (Å²) in [5.41, 5.74) is 2.10. The molecule has 0 atom stereocenters. The predicted octanol–water partition coefficient (Wildman–Crippen LogP) is 3.84. The number of halogens is 1. The first-order valence-electron chi connectivity index (χ1n) is 7.11.